The lowest BCUT2D eigenvalue weighted by molar-refractivity contribution is -0.139. The number of carbonyl (C=O) groups is 1. The fourth-order valence-corrected chi connectivity index (χ4v) is 4.07. The van der Waals surface area contributed by atoms with Gasteiger partial charge in [0.1, 0.15) is 0 Å². The van der Waals surface area contributed by atoms with Crippen LogP contribution in [0.2, 0.25) is 0 Å². The zero-order valence-corrected chi connectivity index (χ0v) is 14.6. The summed E-state index contributed by atoms with van der Waals surface area (Å²) < 4.78 is 13.0. The normalized spacial score (nSPS) is 23.0. The van der Waals surface area contributed by atoms with Crippen molar-refractivity contribution >= 4 is 11.9 Å². The maximum absolute atomic E-state index is 13.0. The summed E-state index contributed by atoms with van der Waals surface area (Å²) in [6, 6.07) is 6.14. The third-order valence-corrected chi connectivity index (χ3v) is 5.37. The number of hydrogen-bond donors (Lipinski definition) is 0. The zero-order valence-electron chi connectivity index (χ0n) is 14.6. The molecule has 2 aliphatic heterocycles. The van der Waals surface area contributed by atoms with E-state index in [1.165, 1.54) is 12.4 Å². The first-order valence-corrected chi connectivity index (χ1v) is 9.12. The molecule has 2 atom stereocenters. The Balaban J connectivity index is 1.42. The predicted octanol–water partition coefficient (Wildman–Crippen LogP) is 2.07. The fraction of sp³-hybridized carbons (Fsp3) is 0.474. The van der Waals surface area contributed by atoms with Crippen LogP contribution < -0.4 is 4.90 Å². The van der Waals surface area contributed by atoms with Crippen molar-refractivity contribution in [2.45, 2.75) is 31.7 Å². The molecule has 0 spiro atoms. The molecule has 2 aliphatic rings. The number of anilines is 1. The number of amides is 1. The van der Waals surface area contributed by atoms with Gasteiger partial charge in [0.05, 0.1) is 12.4 Å². The second kappa shape index (κ2) is 7.35. The molecule has 0 aliphatic carbocycles. The van der Waals surface area contributed by atoms with Gasteiger partial charge in [-0.1, -0.05) is 6.07 Å². The summed E-state index contributed by atoms with van der Waals surface area (Å²) in [6.07, 6.45) is 7.34. The highest BCUT2D eigenvalue weighted by atomic mass is 19.1. The van der Waals surface area contributed by atoms with E-state index in [4.69, 9.17) is 0 Å². The van der Waals surface area contributed by atoms with Crippen molar-refractivity contribution in [3.63, 3.8) is 0 Å². The molecule has 2 saturated heterocycles. The Hall–Kier alpha value is -2.57. The number of aromatic nitrogens is 3. The molecule has 136 valence electrons. The lowest BCUT2D eigenvalue weighted by Crippen LogP contribution is -2.56. The Morgan fingerprint density at radius 1 is 1.15 bits per heavy atom. The molecular weight excluding hydrogens is 333 g/mol. The van der Waals surface area contributed by atoms with Crippen molar-refractivity contribution in [2.75, 3.05) is 24.5 Å². The van der Waals surface area contributed by atoms with Crippen molar-refractivity contribution in [3.05, 3.63) is 48.3 Å². The number of nitrogens with zero attached hydrogens (tertiary/aromatic N) is 5. The highest BCUT2D eigenvalue weighted by Gasteiger charge is 2.39. The van der Waals surface area contributed by atoms with Crippen LogP contribution in [0.1, 0.15) is 25.0 Å². The van der Waals surface area contributed by atoms with Gasteiger partial charge in [-0.05, 0) is 30.9 Å². The number of halogens is 1. The Morgan fingerprint density at radius 3 is 2.77 bits per heavy atom. The van der Waals surface area contributed by atoms with Crippen LogP contribution in [0.5, 0.6) is 0 Å². The van der Waals surface area contributed by atoms with Crippen molar-refractivity contribution < 1.29 is 9.18 Å². The molecule has 4 heterocycles. The molecule has 0 N–H and O–H groups in total. The van der Waals surface area contributed by atoms with E-state index in [0.717, 1.165) is 38.0 Å². The lowest BCUT2D eigenvalue weighted by atomic mass is 9.83. The minimum absolute atomic E-state index is 0.244. The van der Waals surface area contributed by atoms with E-state index in [1.54, 1.807) is 6.20 Å². The van der Waals surface area contributed by atoms with Gasteiger partial charge in [-0.3, -0.25) is 9.78 Å². The molecule has 0 unspecified atom stereocenters. The van der Waals surface area contributed by atoms with Gasteiger partial charge in [0, 0.05) is 50.4 Å². The first kappa shape index (κ1) is 16.9. The zero-order chi connectivity index (χ0) is 17.9. The summed E-state index contributed by atoms with van der Waals surface area (Å²) in [5.41, 5.74) is 1.01. The monoisotopic (exact) mass is 355 g/mol. The number of carbonyl (C=O) groups excluding carboxylic acids is 1. The maximum atomic E-state index is 13.0. The molecule has 0 radical (unpaired) electrons. The van der Waals surface area contributed by atoms with Gasteiger partial charge in [-0.15, -0.1) is 0 Å². The van der Waals surface area contributed by atoms with Crippen molar-refractivity contribution in [3.8, 4) is 0 Å². The number of fused-ring (bicyclic) bond motifs is 1. The van der Waals surface area contributed by atoms with E-state index in [-0.39, 0.29) is 11.9 Å². The molecule has 26 heavy (non-hydrogen) atoms. The largest absolute Gasteiger partial charge is 0.340 e. The van der Waals surface area contributed by atoms with Gasteiger partial charge in [0.25, 0.3) is 0 Å². The van der Waals surface area contributed by atoms with Gasteiger partial charge in [0.2, 0.25) is 11.9 Å². The van der Waals surface area contributed by atoms with Gasteiger partial charge >= 0.3 is 0 Å². The van der Waals surface area contributed by atoms with Crippen LogP contribution in [0, 0.1) is 11.7 Å². The van der Waals surface area contributed by atoms with Crippen LogP contribution in [0.4, 0.5) is 10.3 Å². The Morgan fingerprint density at radius 2 is 2.00 bits per heavy atom. The molecule has 1 amide bonds. The third-order valence-electron chi connectivity index (χ3n) is 5.37. The molecule has 2 fully saturated rings. The van der Waals surface area contributed by atoms with E-state index in [1.807, 2.05) is 23.1 Å². The van der Waals surface area contributed by atoms with Gasteiger partial charge in [-0.2, -0.15) is 0 Å². The third kappa shape index (κ3) is 3.52. The SMILES string of the molecule is O=C1CC[C@@H]2CN(c3ncc(F)cn3)CC[C@@H]2N1CCc1ccccn1. The Kier molecular flexibility index (Phi) is 4.77. The van der Waals surface area contributed by atoms with E-state index in [2.05, 4.69) is 19.9 Å². The molecule has 4 rings (SSSR count). The maximum Gasteiger partial charge on any atom is 0.225 e. The second-order valence-electron chi connectivity index (χ2n) is 6.96. The van der Waals surface area contributed by atoms with E-state index in [9.17, 15) is 9.18 Å². The molecule has 0 aromatic carbocycles. The average Bonchev–Trinajstić information content (AvgIpc) is 2.68. The number of pyridine rings is 1. The Bertz CT molecular complexity index is 754. The van der Waals surface area contributed by atoms with Crippen molar-refractivity contribution in [2.24, 2.45) is 5.92 Å². The average molecular weight is 355 g/mol. The van der Waals surface area contributed by atoms with Crippen molar-refractivity contribution in [1.82, 2.24) is 19.9 Å². The van der Waals surface area contributed by atoms with E-state index in [0.29, 0.717) is 24.8 Å². The van der Waals surface area contributed by atoms with Crippen molar-refractivity contribution in [1.29, 1.82) is 0 Å². The molecule has 2 aromatic rings. The Labute approximate surface area is 152 Å². The number of likely N-dealkylation sites (tertiary alicyclic amines) is 1. The van der Waals surface area contributed by atoms with Crippen LogP contribution in [-0.4, -0.2) is 51.4 Å². The summed E-state index contributed by atoms with van der Waals surface area (Å²) in [6.45, 7) is 2.30. The van der Waals surface area contributed by atoms with Gasteiger partial charge in [-0.25, -0.2) is 14.4 Å². The summed E-state index contributed by atoms with van der Waals surface area (Å²) >= 11 is 0. The van der Waals surface area contributed by atoms with E-state index >= 15 is 0 Å². The minimum atomic E-state index is -0.424. The summed E-state index contributed by atoms with van der Waals surface area (Å²) in [7, 11) is 0. The molecule has 2 aromatic heterocycles. The smallest absolute Gasteiger partial charge is 0.225 e. The van der Waals surface area contributed by atoms with Crippen LogP contribution >= 0.6 is 0 Å². The fourth-order valence-electron chi connectivity index (χ4n) is 4.07. The first-order chi connectivity index (χ1) is 12.7. The molecular formula is C19H22FN5O. The highest BCUT2D eigenvalue weighted by molar-refractivity contribution is 5.77. The minimum Gasteiger partial charge on any atom is -0.340 e. The number of hydrogen-bond acceptors (Lipinski definition) is 5. The van der Waals surface area contributed by atoms with Crippen LogP contribution in [0.25, 0.3) is 0 Å². The van der Waals surface area contributed by atoms with E-state index < -0.39 is 5.82 Å². The number of rotatable bonds is 4. The summed E-state index contributed by atoms with van der Waals surface area (Å²) in [5, 5.41) is 0. The summed E-state index contributed by atoms with van der Waals surface area (Å²) in [5.74, 6) is 0.793. The molecule has 0 bridgehead atoms. The molecule has 0 saturated carbocycles. The number of piperidine rings is 2. The van der Waals surface area contributed by atoms with Crippen LogP contribution in [-0.2, 0) is 11.2 Å². The van der Waals surface area contributed by atoms with Crippen LogP contribution in [0.15, 0.2) is 36.8 Å². The summed E-state index contributed by atoms with van der Waals surface area (Å²) in [4.78, 5) is 29.2. The quantitative estimate of drug-likeness (QED) is 0.840. The first-order valence-electron chi connectivity index (χ1n) is 9.12. The predicted molar refractivity (Wildman–Crippen MR) is 95.0 cm³/mol. The molecule has 7 heteroatoms. The lowest BCUT2D eigenvalue weighted by Gasteiger charge is -2.47. The van der Waals surface area contributed by atoms with Gasteiger partial charge in [0.15, 0.2) is 5.82 Å². The highest BCUT2D eigenvalue weighted by Crippen LogP contribution is 2.32. The molecule has 6 nitrogen and oxygen atoms in total. The van der Waals surface area contributed by atoms with Crippen LogP contribution in [0.3, 0.4) is 0 Å². The van der Waals surface area contributed by atoms with Gasteiger partial charge < -0.3 is 9.80 Å². The standard InChI is InChI=1S/C19H22FN5O/c20-15-11-22-19(23-12-15)24-9-7-17-14(13-24)4-5-18(26)25(17)10-6-16-3-1-2-8-21-16/h1-3,8,11-12,14,17H,4-7,9-10,13H2/t14-,17+/m1/s1. The topological polar surface area (TPSA) is 62.2 Å². The second-order valence-corrected chi connectivity index (χ2v) is 6.96.